The van der Waals surface area contributed by atoms with Gasteiger partial charge in [0.25, 0.3) is 11.8 Å². The summed E-state index contributed by atoms with van der Waals surface area (Å²) in [6, 6.07) is 5.02. The van der Waals surface area contributed by atoms with Gasteiger partial charge < -0.3 is 5.73 Å². The van der Waals surface area contributed by atoms with E-state index < -0.39 is 0 Å². The van der Waals surface area contributed by atoms with Crippen molar-refractivity contribution in [1.82, 2.24) is 4.90 Å². The Labute approximate surface area is 106 Å². The predicted molar refractivity (Wildman–Crippen MR) is 68.2 cm³/mol. The van der Waals surface area contributed by atoms with E-state index in [0.717, 1.165) is 6.42 Å². The second-order valence-electron chi connectivity index (χ2n) is 5.28. The maximum absolute atomic E-state index is 12.3. The summed E-state index contributed by atoms with van der Waals surface area (Å²) in [5, 5.41) is 0. The van der Waals surface area contributed by atoms with E-state index in [1.807, 2.05) is 6.92 Å². The molecule has 0 spiro atoms. The first-order chi connectivity index (χ1) is 8.59. The molecule has 1 aromatic carbocycles. The van der Waals surface area contributed by atoms with Gasteiger partial charge in [0.15, 0.2) is 0 Å². The molecule has 4 nitrogen and oxygen atoms in total. The standard InChI is InChI=1S/C14H16N2O2/c1-8(7-9-5-6-9)16-13(17)10-3-2-4-11(15)12(10)14(16)18/h2-4,8-9H,5-7,15H2,1H3. The van der Waals surface area contributed by atoms with Crippen LogP contribution in [0.15, 0.2) is 18.2 Å². The number of fused-ring (bicyclic) bond motifs is 1. The molecule has 2 N–H and O–H groups in total. The number of amides is 2. The van der Waals surface area contributed by atoms with E-state index in [-0.39, 0.29) is 17.9 Å². The van der Waals surface area contributed by atoms with Crippen molar-refractivity contribution in [3.8, 4) is 0 Å². The molecule has 18 heavy (non-hydrogen) atoms. The van der Waals surface area contributed by atoms with Crippen molar-refractivity contribution in [3.63, 3.8) is 0 Å². The zero-order valence-corrected chi connectivity index (χ0v) is 10.3. The molecule has 1 aromatic rings. The van der Waals surface area contributed by atoms with E-state index in [1.165, 1.54) is 17.7 Å². The Balaban J connectivity index is 1.93. The van der Waals surface area contributed by atoms with Gasteiger partial charge in [-0.3, -0.25) is 14.5 Å². The van der Waals surface area contributed by atoms with Gasteiger partial charge in [0, 0.05) is 11.7 Å². The lowest BCUT2D eigenvalue weighted by molar-refractivity contribution is 0.0586. The van der Waals surface area contributed by atoms with E-state index in [0.29, 0.717) is 22.7 Å². The number of nitrogen functional groups attached to an aromatic ring is 1. The van der Waals surface area contributed by atoms with Crippen LogP contribution in [0, 0.1) is 5.92 Å². The first-order valence-corrected chi connectivity index (χ1v) is 6.36. The monoisotopic (exact) mass is 244 g/mol. The first-order valence-electron chi connectivity index (χ1n) is 6.36. The van der Waals surface area contributed by atoms with Gasteiger partial charge in [0.05, 0.1) is 11.1 Å². The smallest absolute Gasteiger partial charge is 0.263 e. The normalized spacial score (nSPS) is 20.2. The lowest BCUT2D eigenvalue weighted by Crippen LogP contribution is -2.38. The van der Waals surface area contributed by atoms with Crippen molar-refractivity contribution < 1.29 is 9.59 Å². The molecule has 4 heteroatoms. The molecule has 0 bridgehead atoms. The summed E-state index contributed by atoms with van der Waals surface area (Å²) in [6.07, 6.45) is 3.34. The number of benzene rings is 1. The molecular weight excluding hydrogens is 228 g/mol. The molecule has 1 fully saturated rings. The molecule has 2 amide bonds. The summed E-state index contributed by atoms with van der Waals surface area (Å²) >= 11 is 0. The molecule has 2 aliphatic rings. The second kappa shape index (κ2) is 3.83. The topological polar surface area (TPSA) is 63.4 Å². The van der Waals surface area contributed by atoms with Crippen LogP contribution in [-0.4, -0.2) is 22.8 Å². The minimum absolute atomic E-state index is 0.0377. The highest BCUT2D eigenvalue weighted by molar-refractivity contribution is 6.23. The Morgan fingerprint density at radius 3 is 2.67 bits per heavy atom. The van der Waals surface area contributed by atoms with Crippen LogP contribution in [0.2, 0.25) is 0 Å². The quantitative estimate of drug-likeness (QED) is 0.653. The lowest BCUT2D eigenvalue weighted by atomic mass is 10.1. The van der Waals surface area contributed by atoms with Crippen LogP contribution in [0.4, 0.5) is 5.69 Å². The van der Waals surface area contributed by atoms with Gasteiger partial charge in [-0.1, -0.05) is 18.9 Å². The highest BCUT2D eigenvalue weighted by atomic mass is 16.2. The summed E-state index contributed by atoms with van der Waals surface area (Å²) in [4.78, 5) is 25.9. The minimum Gasteiger partial charge on any atom is -0.398 e. The molecule has 94 valence electrons. The molecule has 1 heterocycles. The molecular formula is C14H16N2O2. The van der Waals surface area contributed by atoms with Crippen molar-refractivity contribution in [2.45, 2.75) is 32.2 Å². The number of imide groups is 1. The Kier molecular flexibility index (Phi) is 2.40. The van der Waals surface area contributed by atoms with E-state index in [4.69, 9.17) is 5.73 Å². The molecule has 1 atom stereocenters. The SMILES string of the molecule is CC(CC1CC1)N1C(=O)c2cccc(N)c2C1=O. The fourth-order valence-electron chi connectivity index (χ4n) is 2.67. The number of carbonyl (C=O) groups excluding carboxylic acids is 2. The number of nitrogens with zero attached hydrogens (tertiary/aromatic N) is 1. The van der Waals surface area contributed by atoms with Crippen LogP contribution in [-0.2, 0) is 0 Å². The zero-order valence-electron chi connectivity index (χ0n) is 10.3. The number of nitrogens with two attached hydrogens (primary N) is 1. The molecule has 1 saturated carbocycles. The van der Waals surface area contributed by atoms with Gasteiger partial charge in [-0.05, 0) is 31.4 Å². The molecule has 0 aromatic heterocycles. The predicted octanol–water partition coefficient (Wildman–Crippen LogP) is 2.05. The third kappa shape index (κ3) is 1.60. The number of anilines is 1. The molecule has 0 saturated heterocycles. The van der Waals surface area contributed by atoms with Crippen molar-refractivity contribution in [1.29, 1.82) is 0 Å². The van der Waals surface area contributed by atoms with Gasteiger partial charge in [-0.25, -0.2) is 0 Å². The molecule has 1 aliphatic heterocycles. The summed E-state index contributed by atoms with van der Waals surface area (Å²) < 4.78 is 0. The Bertz CT molecular complexity index is 535. The van der Waals surface area contributed by atoms with E-state index in [1.54, 1.807) is 18.2 Å². The summed E-state index contributed by atoms with van der Waals surface area (Å²) in [7, 11) is 0. The lowest BCUT2D eigenvalue weighted by Gasteiger charge is -2.22. The molecule has 1 aliphatic carbocycles. The average Bonchev–Trinajstić information content (AvgIpc) is 3.08. The van der Waals surface area contributed by atoms with Gasteiger partial charge in [0.1, 0.15) is 0 Å². The minimum atomic E-state index is -0.235. The maximum atomic E-state index is 12.3. The Hall–Kier alpha value is -1.84. The van der Waals surface area contributed by atoms with Crippen molar-refractivity contribution in [2.24, 2.45) is 5.92 Å². The van der Waals surface area contributed by atoms with Gasteiger partial charge in [0.2, 0.25) is 0 Å². The van der Waals surface area contributed by atoms with Crippen LogP contribution in [0.3, 0.4) is 0 Å². The van der Waals surface area contributed by atoms with Crippen LogP contribution in [0.1, 0.15) is 46.9 Å². The second-order valence-corrected chi connectivity index (χ2v) is 5.28. The summed E-state index contributed by atoms with van der Waals surface area (Å²) in [5.74, 6) is 0.248. The third-order valence-corrected chi connectivity index (χ3v) is 3.79. The number of hydrogen-bond donors (Lipinski definition) is 1. The van der Waals surface area contributed by atoms with Crippen molar-refractivity contribution >= 4 is 17.5 Å². The maximum Gasteiger partial charge on any atom is 0.263 e. The van der Waals surface area contributed by atoms with E-state index >= 15 is 0 Å². The summed E-state index contributed by atoms with van der Waals surface area (Å²) in [6.45, 7) is 1.94. The van der Waals surface area contributed by atoms with Gasteiger partial charge in [-0.15, -0.1) is 0 Å². The van der Waals surface area contributed by atoms with Crippen LogP contribution < -0.4 is 5.73 Å². The Morgan fingerprint density at radius 2 is 2.06 bits per heavy atom. The zero-order chi connectivity index (χ0) is 12.9. The number of hydrogen-bond acceptors (Lipinski definition) is 3. The van der Waals surface area contributed by atoms with Gasteiger partial charge in [-0.2, -0.15) is 0 Å². The first kappa shape index (κ1) is 11.3. The van der Waals surface area contributed by atoms with Crippen LogP contribution in [0.5, 0.6) is 0 Å². The Morgan fingerprint density at radius 1 is 1.33 bits per heavy atom. The molecule has 0 radical (unpaired) electrons. The highest BCUT2D eigenvalue weighted by Crippen LogP contribution is 2.37. The molecule has 3 rings (SSSR count). The fraction of sp³-hybridized carbons (Fsp3) is 0.429. The largest absolute Gasteiger partial charge is 0.398 e. The number of rotatable bonds is 3. The van der Waals surface area contributed by atoms with Crippen LogP contribution >= 0.6 is 0 Å². The van der Waals surface area contributed by atoms with Gasteiger partial charge >= 0.3 is 0 Å². The highest BCUT2D eigenvalue weighted by Gasteiger charge is 2.40. The third-order valence-electron chi connectivity index (χ3n) is 3.79. The average molecular weight is 244 g/mol. The molecule has 1 unspecified atom stereocenters. The van der Waals surface area contributed by atoms with Crippen molar-refractivity contribution in [2.75, 3.05) is 5.73 Å². The van der Waals surface area contributed by atoms with Crippen molar-refractivity contribution in [3.05, 3.63) is 29.3 Å². The fourth-order valence-corrected chi connectivity index (χ4v) is 2.67. The number of carbonyl (C=O) groups is 2. The summed E-state index contributed by atoms with van der Waals surface area (Å²) in [5.41, 5.74) is 7.02. The van der Waals surface area contributed by atoms with E-state index in [2.05, 4.69) is 0 Å². The van der Waals surface area contributed by atoms with E-state index in [9.17, 15) is 9.59 Å². The van der Waals surface area contributed by atoms with Crippen LogP contribution in [0.25, 0.3) is 0 Å².